The fraction of sp³-hybridized carbons (Fsp3) is 0.727. The molecule has 1 aliphatic rings. The lowest BCUT2D eigenvalue weighted by atomic mass is 10.3. The molecule has 2 rings (SSSR count). The Morgan fingerprint density at radius 3 is 3.19 bits per heavy atom. The van der Waals surface area contributed by atoms with Gasteiger partial charge in [-0.3, -0.25) is 4.90 Å². The Hall–Kier alpha value is -0.100. The number of rotatable bonds is 4. The third-order valence-corrected chi connectivity index (χ3v) is 4.66. The lowest BCUT2D eigenvalue weighted by Gasteiger charge is -2.17. The molecule has 0 aromatic carbocycles. The predicted octanol–water partition coefficient (Wildman–Crippen LogP) is 1.58. The van der Waals surface area contributed by atoms with E-state index in [0.717, 1.165) is 13.0 Å². The molecule has 0 aliphatic carbocycles. The minimum Gasteiger partial charge on any atom is -0.330 e. The summed E-state index contributed by atoms with van der Waals surface area (Å²) in [7, 11) is 0. The van der Waals surface area contributed by atoms with E-state index in [1.54, 1.807) is 11.3 Å². The van der Waals surface area contributed by atoms with Crippen molar-refractivity contribution in [2.75, 3.05) is 31.1 Å². The fourth-order valence-corrected chi connectivity index (χ4v) is 3.57. The van der Waals surface area contributed by atoms with Crippen LogP contribution in [0.4, 0.5) is 0 Å². The van der Waals surface area contributed by atoms with Crippen LogP contribution in [-0.4, -0.2) is 41.0 Å². The lowest BCUT2D eigenvalue weighted by Crippen LogP contribution is -2.25. The summed E-state index contributed by atoms with van der Waals surface area (Å²) in [5, 5.41) is 3.37. The molecular weight excluding hydrogens is 238 g/mol. The first kappa shape index (κ1) is 12.4. The maximum Gasteiger partial charge on any atom is 0.0941 e. The number of hydrogen-bond acceptors (Lipinski definition) is 5. The third kappa shape index (κ3) is 3.73. The van der Waals surface area contributed by atoms with Crippen LogP contribution in [0.3, 0.4) is 0 Å². The van der Waals surface area contributed by atoms with Gasteiger partial charge in [0.15, 0.2) is 0 Å². The van der Waals surface area contributed by atoms with Crippen LogP contribution in [0.15, 0.2) is 5.38 Å². The Kier molecular flexibility index (Phi) is 5.09. The smallest absolute Gasteiger partial charge is 0.0941 e. The van der Waals surface area contributed by atoms with Crippen molar-refractivity contribution in [1.29, 1.82) is 0 Å². The summed E-state index contributed by atoms with van der Waals surface area (Å²) in [6.07, 6.45) is 2.23. The molecule has 5 heteroatoms. The summed E-state index contributed by atoms with van der Waals surface area (Å²) in [4.78, 5) is 7.13. The minimum absolute atomic E-state index is 0.702. The van der Waals surface area contributed by atoms with Crippen molar-refractivity contribution in [1.82, 2.24) is 9.88 Å². The topological polar surface area (TPSA) is 42.1 Å². The predicted molar refractivity (Wildman–Crippen MR) is 72.1 cm³/mol. The van der Waals surface area contributed by atoms with Crippen LogP contribution in [0.2, 0.25) is 0 Å². The van der Waals surface area contributed by atoms with Gasteiger partial charge in [0.1, 0.15) is 0 Å². The van der Waals surface area contributed by atoms with E-state index in [4.69, 9.17) is 5.73 Å². The molecule has 16 heavy (non-hydrogen) atoms. The van der Waals surface area contributed by atoms with Gasteiger partial charge in [-0.15, -0.1) is 11.3 Å². The second-order valence-electron chi connectivity index (χ2n) is 4.01. The van der Waals surface area contributed by atoms with E-state index in [2.05, 4.69) is 27.0 Å². The highest BCUT2D eigenvalue weighted by Crippen LogP contribution is 2.15. The van der Waals surface area contributed by atoms with Crippen molar-refractivity contribution in [3.63, 3.8) is 0 Å². The summed E-state index contributed by atoms with van der Waals surface area (Å²) in [6.45, 7) is 4.14. The van der Waals surface area contributed by atoms with Crippen LogP contribution in [0.25, 0.3) is 0 Å². The van der Waals surface area contributed by atoms with Gasteiger partial charge in [0, 0.05) is 30.6 Å². The van der Waals surface area contributed by atoms with Crippen molar-refractivity contribution in [2.45, 2.75) is 19.4 Å². The average Bonchev–Trinajstić information content (AvgIpc) is 2.56. The Bertz CT molecular complexity index is 306. The lowest BCUT2D eigenvalue weighted by molar-refractivity contribution is 0.284. The molecule has 1 aromatic rings. The van der Waals surface area contributed by atoms with Gasteiger partial charge < -0.3 is 5.73 Å². The summed E-state index contributed by atoms with van der Waals surface area (Å²) in [6, 6.07) is 0. The highest BCUT2D eigenvalue weighted by atomic mass is 32.2. The molecule has 1 aliphatic heterocycles. The summed E-state index contributed by atoms with van der Waals surface area (Å²) >= 11 is 3.81. The Balaban J connectivity index is 1.86. The number of thioether (sulfide) groups is 1. The zero-order chi connectivity index (χ0) is 11.2. The minimum atomic E-state index is 0.702. The molecule has 0 bridgehead atoms. The molecule has 0 spiro atoms. The Morgan fingerprint density at radius 1 is 1.38 bits per heavy atom. The maximum atomic E-state index is 5.53. The second kappa shape index (κ2) is 6.59. The van der Waals surface area contributed by atoms with Gasteiger partial charge in [-0.1, -0.05) is 0 Å². The molecule has 0 saturated carbocycles. The quantitative estimate of drug-likeness (QED) is 0.889. The highest BCUT2D eigenvalue weighted by Gasteiger charge is 2.11. The Morgan fingerprint density at radius 2 is 2.31 bits per heavy atom. The van der Waals surface area contributed by atoms with Gasteiger partial charge in [-0.25, -0.2) is 4.98 Å². The van der Waals surface area contributed by atoms with E-state index in [9.17, 15) is 0 Å². The second-order valence-corrected chi connectivity index (χ2v) is 6.18. The standard InChI is InChI=1S/C11H19N3S2/c12-3-2-11-13-10(9-16-11)8-14-4-1-6-15-7-5-14/h9H,1-8,12H2. The van der Waals surface area contributed by atoms with Crippen molar-refractivity contribution in [3.8, 4) is 0 Å². The molecule has 1 fully saturated rings. The van der Waals surface area contributed by atoms with Gasteiger partial charge in [-0.05, 0) is 25.3 Å². The molecule has 0 atom stereocenters. The summed E-state index contributed by atoms with van der Waals surface area (Å²) in [5.41, 5.74) is 6.75. The van der Waals surface area contributed by atoms with E-state index in [1.165, 1.54) is 41.7 Å². The number of hydrogen-bond donors (Lipinski definition) is 1. The van der Waals surface area contributed by atoms with E-state index < -0.39 is 0 Å². The monoisotopic (exact) mass is 257 g/mol. The molecule has 2 heterocycles. The molecule has 0 unspecified atom stereocenters. The molecule has 3 nitrogen and oxygen atoms in total. The fourth-order valence-electron chi connectivity index (χ4n) is 1.84. The maximum absolute atomic E-state index is 5.53. The number of nitrogens with zero attached hydrogens (tertiary/aromatic N) is 2. The molecule has 0 amide bonds. The van der Waals surface area contributed by atoms with Crippen LogP contribution >= 0.6 is 23.1 Å². The average molecular weight is 257 g/mol. The SMILES string of the molecule is NCCc1nc(CN2CCCSCC2)cs1. The summed E-state index contributed by atoms with van der Waals surface area (Å²) in [5.74, 6) is 2.58. The largest absolute Gasteiger partial charge is 0.330 e. The van der Waals surface area contributed by atoms with Gasteiger partial charge in [0.25, 0.3) is 0 Å². The van der Waals surface area contributed by atoms with Crippen LogP contribution in [0.1, 0.15) is 17.1 Å². The van der Waals surface area contributed by atoms with Crippen molar-refractivity contribution >= 4 is 23.1 Å². The first-order valence-corrected chi connectivity index (χ1v) is 7.85. The van der Waals surface area contributed by atoms with Crippen molar-refractivity contribution in [3.05, 3.63) is 16.1 Å². The molecule has 90 valence electrons. The first-order valence-electron chi connectivity index (χ1n) is 5.82. The normalized spacial score (nSPS) is 18.6. The molecule has 2 N–H and O–H groups in total. The van der Waals surface area contributed by atoms with E-state index >= 15 is 0 Å². The number of thiazole rings is 1. The molecule has 1 saturated heterocycles. The van der Waals surface area contributed by atoms with Crippen LogP contribution in [0, 0.1) is 0 Å². The van der Waals surface area contributed by atoms with E-state index in [0.29, 0.717) is 6.54 Å². The number of nitrogens with two attached hydrogens (primary N) is 1. The van der Waals surface area contributed by atoms with E-state index in [-0.39, 0.29) is 0 Å². The van der Waals surface area contributed by atoms with Gasteiger partial charge >= 0.3 is 0 Å². The zero-order valence-corrected chi connectivity index (χ0v) is 11.2. The third-order valence-electron chi connectivity index (χ3n) is 2.66. The van der Waals surface area contributed by atoms with Crippen LogP contribution < -0.4 is 5.73 Å². The van der Waals surface area contributed by atoms with Gasteiger partial charge in [0.2, 0.25) is 0 Å². The van der Waals surface area contributed by atoms with Crippen LogP contribution in [0.5, 0.6) is 0 Å². The van der Waals surface area contributed by atoms with E-state index in [1.807, 2.05) is 0 Å². The van der Waals surface area contributed by atoms with Crippen molar-refractivity contribution in [2.24, 2.45) is 5.73 Å². The zero-order valence-electron chi connectivity index (χ0n) is 9.52. The van der Waals surface area contributed by atoms with Gasteiger partial charge in [0.05, 0.1) is 10.7 Å². The van der Waals surface area contributed by atoms with Gasteiger partial charge in [-0.2, -0.15) is 11.8 Å². The van der Waals surface area contributed by atoms with Crippen molar-refractivity contribution < 1.29 is 0 Å². The number of aromatic nitrogens is 1. The first-order chi connectivity index (χ1) is 7.88. The molecular formula is C11H19N3S2. The molecule has 0 radical (unpaired) electrons. The highest BCUT2D eigenvalue weighted by molar-refractivity contribution is 7.99. The molecule has 1 aromatic heterocycles. The Labute approximate surface area is 105 Å². The summed E-state index contributed by atoms with van der Waals surface area (Å²) < 4.78 is 0. The van der Waals surface area contributed by atoms with Crippen LogP contribution in [-0.2, 0) is 13.0 Å².